The van der Waals surface area contributed by atoms with Crippen LogP contribution in [0.1, 0.15) is 47.5 Å². The topological polar surface area (TPSA) is 68.2 Å². The van der Waals surface area contributed by atoms with Crippen LogP contribution in [-0.4, -0.2) is 56.2 Å². The molecule has 6 heteroatoms. The molecule has 1 fully saturated rings. The average Bonchev–Trinajstić information content (AvgIpc) is 2.43. The SMILES string of the molecule is CO[C@H]1C=C(O[Si](C)(C)C(C)(C)C)C[C@H]2OC(C)(C)C[C@@H](O)[C@@]12CO. The smallest absolute Gasteiger partial charge is 0.250 e. The van der Waals surface area contributed by atoms with E-state index < -0.39 is 31.5 Å². The molecule has 0 unspecified atom stereocenters. The highest BCUT2D eigenvalue weighted by molar-refractivity contribution is 6.74. The number of methoxy groups -OCH3 is 1. The summed E-state index contributed by atoms with van der Waals surface area (Å²) < 4.78 is 18.5. The largest absolute Gasteiger partial charge is 0.547 e. The highest BCUT2D eigenvalue weighted by Crippen LogP contribution is 2.50. The molecule has 0 aromatic carbocycles. The van der Waals surface area contributed by atoms with E-state index in [0.717, 1.165) is 5.76 Å². The van der Waals surface area contributed by atoms with Crippen LogP contribution in [-0.2, 0) is 13.9 Å². The van der Waals surface area contributed by atoms with Gasteiger partial charge in [-0.25, -0.2) is 0 Å². The first-order chi connectivity index (χ1) is 11.3. The molecule has 25 heavy (non-hydrogen) atoms. The Morgan fingerprint density at radius 1 is 1.32 bits per heavy atom. The molecule has 5 nitrogen and oxygen atoms in total. The summed E-state index contributed by atoms with van der Waals surface area (Å²) in [5, 5.41) is 21.1. The van der Waals surface area contributed by atoms with Crippen molar-refractivity contribution in [3.05, 3.63) is 11.8 Å². The van der Waals surface area contributed by atoms with E-state index in [0.29, 0.717) is 12.8 Å². The number of aliphatic hydroxyl groups is 2. The van der Waals surface area contributed by atoms with Gasteiger partial charge in [-0.1, -0.05) is 20.8 Å². The molecule has 1 heterocycles. The molecule has 0 aromatic rings. The fourth-order valence-electron chi connectivity index (χ4n) is 3.73. The van der Waals surface area contributed by atoms with Gasteiger partial charge in [0, 0.05) is 20.0 Å². The van der Waals surface area contributed by atoms with E-state index in [1.54, 1.807) is 7.11 Å². The number of fused-ring (bicyclic) bond motifs is 1. The summed E-state index contributed by atoms with van der Waals surface area (Å²) in [6, 6.07) is 0. The van der Waals surface area contributed by atoms with Gasteiger partial charge in [-0.05, 0) is 38.1 Å². The average molecular weight is 373 g/mol. The van der Waals surface area contributed by atoms with Crippen LogP contribution in [0.25, 0.3) is 0 Å². The fourth-order valence-corrected chi connectivity index (χ4v) is 4.85. The molecule has 0 spiro atoms. The molecule has 0 saturated carbocycles. The van der Waals surface area contributed by atoms with Crippen molar-refractivity contribution in [3.8, 4) is 0 Å². The first-order valence-electron chi connectivity index (χ1n) is 9.18. The zero-order valence-corrected chi connectivity index (χ0v) is 18.0. The van der Waals surface area contributed by atoms with Gasteiger partial charge in [0.25, 0.3) is 0 Å². The van der Waals surface area contributed by atoms with E-state index >= 15 is 0 Å². The molecule has 2 N–H and O–H groups in total. The van der Waals surface area contributed by atoms with Crippen LogP contribution in [0.3, 0.4) is 0 Å². The molecular formula is C19H36O5Si. The van der Waals surface area contributed by atoms with Crippen LogP contribution in [0, 0.1) is 5.41 Å². The van der Waals surface area contributed by atoms with Crippen LogP contribution in [0.2, 0.25) is 18.1 Å². The van der Waals surface area contributed by atoms with E-state index in [-0.39, 0.29) is 17.7 Å². The Hall–Kier alpha value is -0.403. The maximum atomic E-state index is 10.9. The van der Waals surface area contributed by atoms with Crippen molar-refractivity contribution >= 4 is 8.32 Å². The molecule has 2 aliphatic rings. The van der Waals surface area contributed by atoms with Gasteiger partial charge in [0.2, 0.25) is 8.32 Å². The van der Waals surface area contributed by atoms with E-state index in [2.05, 4.69) is 33.9 Å². The minimum absolute atomic E-state index is 0.0914. The number of hydrogen-bond donors (Lipinski definition) is 2. The fraction of sp³-hybridized carbons (Fsp3) is 0.895. The second-order valence-corrected chi connectivity index (χ2v) is 14.4. The normalized spacial score (nSPS) is 35.8. The predicted molar refractivity (Wildman–Crippen MR) is 101 cm³/mol. The second-order valence-electron chi connectivity index (χ2n) is 9.71. The minimum atomic E-state index is -1.98. The first kappa shape index (κ1) is 20.9. The molecule has 0 radical (unpaired) electrons. The summed E-state index contributed by atoms with van der Waals surface area (Å²) >= 11 is 0. The minimum Gasteiger partial charge on any atom is -0.547 e. The van der Waals surface area contributed by atoms with Gasteiger partial charge in [-0.2, -0.15) is 0 Å². The Labute approximate surface area is 153 Å². The van der Waals surface area contributed by atoms with Crippen LogP contribution < -0.4 is 0 Å². The van der Waals surface area contributed by atoms with Gasteiger partial charge in [-0.15, -0.1) is 0 Å². The van der Waals surface area contributed by atoms with Gasteiger partial charge >= 0.3 is 0 Å². The zero-order chi connectivity index (χ0) is 19.3. The Kier molecular flexibility index (Phi) is 5.55. The maximum absolute atomic E-state index is 10.9. The number of aliphatic hydroxyl groups excluding tert-OH is 2. The third-order valence-electron chi connectivity index (χ3n) is 6.34. The number of hydrogen-bond acceptors (Lipinski definition) is 5. The summed E-state index contributed by atoms with van der Waals surface area (Å²) in [7, 11) is -0.374. The lowest BCUT2D eigenvalue weighted by atomic mass is 9.64. The molecule has 0 aromatic heterocycles. The van der Waals surface area contributed by atoms with Crippen LogP contribution >= 0.6 is 0 Å². The summed E-state index contributed by atoms with van der Waals surface area (Å²) in [4.78, 5) is 0. The molecule has 2 rings (SSSR count). The third kappa shape index (κ3) is 3.69. The highest BCUT2D eigenvalue weighted by atomic mass is 28.4. The zero-order valence-electron chi connectivity index (χ0n) is 17.0. The van der Waals surface area contributed by atoms with Gasteiger partial charge in [0.05, 0.1) is 41.7 Å². The molecule has 146 valence electrons. The Bertz CT molecular complexity index is 522. The van der Waals surface area contributed by atoms with Gasteiger partial charge < -0.3 is 24.1 Å². The van der Waals surface area contributed by atoms with Crippen molar-refractivity contribution in [2.45, 2.75) is 89.5 Å². The van der Waals surface area contributed by atoms with Gasteiger partial charge in [-0.3, -0.25) is 0 Å². The van der Waals surface area contributed by atoms with E-state index in [9.17, 15) is 10.2 Å². The van der Waals surface area contributed by atoms with E-state index in [1.165, 1.54) is 0 Å². The Morgan fingerprint density at radius 2 is 1.92 bits per heavy atom. The quantitative estimate of drug-likeness (QED) is 0.742. The molecule has 1 saturated heterocycles. The summed E-state index contributed by atoms with van der Waals surface area (Å²) in [5.41, 5.74) is -1.29. The van der Waals surface area contributed by atoms with Crippen molar-refractivity contribution in [1.29, 1.82) is 0 Å². The van der Waals surface area contributed by atoms with Gasteiger partial charge in [0.15, 0.2) is 0 Å². The van der Waals surface area contributed by atoms with Crippen molar-refractivity contribution in [2.75, 3.05) is 13.7 Å². The monoisotopic (exact) mass is 372 g/mol. The number of rotatable bonds is 4. The van der Waals surface area contributed by atoms with Crippen LogP contribution in [0.4, 0.5) is 0 Å². The maximum Gasteiger partial charge on any atom is 0.250 e. The highest BCUT2D eigenvalue weighted by Gasteiger charge is 2.59. The van der Waals surface area contributed by atoms with E-state index in [1.807, 2.05) is 19.9 Å². The molecular weight excluding hydrogens is 336 g/mol. The lowest BCUT2D eigenvalue weighted by Crippen LogP contribution is -2.65. The van der Waals surface area contributed by atoms with Crippen LogP contribution in [0.15, 0.2) is 11.8 Å². The molecule has 1 aliphatic heterocycles. The first-order valence-corrected chi connectivity index (χ1v) is 12.1. The molecule has 0 bridgehead atoms. The lowest BCUT2D eigenvalue weighted by Gasteiger charge is -2.56. The second kappa shape index (κ2) is 6.64. The molecule has 1 aliphatic carbocycles. The standard InChI is InChI=1S/C19H36O5Si/c1-17(2,3)25(7,8)24-13-9-15(22-6)19(12-20)14(21)11-18(4,5)23-16(19)10-13/h9,14-16,20-21H,10-12H2,1-8H3/t14-,15+,16-,19+/m1/s1. The van der Waals surface area contributed by atoms with Crippen molar-refractivity contribution < 1.29 is 24.1 Å². The van der Waals surface area contributed by atoms with Crippen molar-refractivity contribution in [3.63, 3.8) is 0 Å². The predicted octanol–water partition coefficient (Wildman–Crippen LogP) is 3.22. The summed E-state index contributed by atoms with van der Waals surface area (Å²) in [5.74, 6) is 0.859. The summed E-state index contributed by atoms with van der Waals surface area (Å²) in [6.45, 7) is 14.8. The molecule has 4 atom stereocenters. The van der Waals surface area contributed by atoms with Gasteiger partial charge in [0.1, 0.15) is 0 Å². The third-order valence-corrected chi connectivity index (χ3v) is 10.7. The molecule has 0 amide bonds. The summed E-state index contributed by atoms with van der Waals surface area (Å²) in [6.07, 6.45) is 1.48. The Morgan fingerprint density at radius 3 is 2.40 bits per heavy atom. The lowest BCUT2D eigenvalue weighted by molar-refractivity contribution is -0.260. The van der Waals surface area contributed by atoms with Crippen molar-refractivity contribution in [1.82, 2.24) is 0 Å². The van der Waals surface area contributed by atoms with Crippen molar-refractivity contribution in [2.24, 2.45) is 5.41 Å². The number of ether oxygens (including phenoxy) is 2. The Balaban J connectivity index is 2.39. The van der Waals surface area contributed by atoms with Crippen LogP contribution in [0.5, 0.6) is 0 Å². The van der Waals surface area contributed by atoms with E-state index in [4.69, 9.17) is 13.9 Å².